The number of hydrogen-bond donors (Lipinski definition) is 6. The third-order valence-electron chi connectivity index (χ3n) is 6.96. The summed E-state index contributed by atoms with van der Waals surface area (Å²) in [7, 11) is 1.31. The number of cyclic esters (lactones) is 1. The lowest BCUT2D eigenvalue weighted by molar-refractivity contribution is -0.300. The Morgan fingerprint density at radius 1 is 0.925 bits per heavy atom. The van der Waals surface area contributed by atoms with Crippen molar-refractivity contribution in [3.05, 3.63) is 60.8 Å². The molecule has 6 N–H and O–H groups in total. The number of aliphatic carboxylic acids is 1. The van der Waals surface area contributed by atoms with E-state index in [-0.39, 0.29) is 18.8 Å². The molecule has 0 saturated carbocycles. The summed E-state index contributed by atoms with van der Waals surface area (Å²) in [5, 5.41) is 62.9. The topological polar surface area (TPSA) is 183 Å². The Balaban J connectivity index is 2.30. The average Bonchev–Trinajstić information content (AvgIpc) is 2.84. The number of aliphatic hydroxyl groups excluding tert-OH is 4. The second-order valence-electron chi connectivity index (χ2n) is 10.3. The summed E-state index contributed by atoms with van der Waals surface area (Å²) in [6, 6.07) is 0. The monoisotopic (exact) mass is 566 g/mol. The summed E-state index contributed by atoms with van der Waals surface area (Å²) in [4.78, 5) is 24.1. The van der Waals surface area contributed by atoms with Gasteiger partial charge in [-0.15, -0.1) is 0 Å². The molecule has 40 heavy (non-hydrogen) atoms. The standard InChI is InChI=1S/C29H42O11/c1-18-10-8-6-4-5-7-9-11-20(30)15-25-27(28(35)36)23(33)17-29(37,40-25)16-21(31)14-22(32)24(38-3)12-13-26(34)39-19(18)2/h4-13,18-25,27,30-33,37H,14-17H2,1-3H3,(H,35,36)/b6-4+,7-5+,10-8+,11-9+,13-12+/t18?,19?,20-,21-,22+,23-,24-,25-,27+,29+/m1/s1. The molecular weight excluding hydrogens is 524 g/mol. The van der Waals surface area contributed by atoms with Crippen molar-refractivity contribution < 1.29 is 54.4 Å². The molecule has 1 saturated heterocycles. The van der Waals surface area contributed by atoms with Crippen molar-refractivity contribution in [1.82, 2.24) is 0 Å². The zero-order valence-electron chi connectivity index (χ0n) is 23.0. The van der Waals surface area contributed by atoms with Gasteiger partial charge in [-0.1, -0.05) is 55.5 Å². The number of rotatable bonds is 2. The maximum absolute atomic E-state index is 12.3. The van der Waals surface area contributed by atoms with E-state index in [0.29, 0.717) is 0 Å². The van der Waals surface area contributed by atoms with Crippen LogP contribution in [0.2, 0.25) is 0 Å². The summed E-state index contributed by atoms with van der Waals surface area (Å²) >= 11 is 0. The van der Waals surface area contributed by atoms with Crippen molar-refractivity contribution in [2.45, 2.75) is 88.0 Å². The molecule has 0 aromatic heterocycles. The molecule has 0 aliphatic carbocycles. The van der Waals surface area contributed by atoms with E-state index >= 15 is 0 Å². The summed E-state index contributed by atoms with van der Waals surface area (Å²) in [5.41, 5.74) is 0. The summed E-state index contributed by atoms with van der Waals surface area (Å²) in [6.07, 6.45) is 6.48. The number of fused-ring (bicyclic) bond motifs is 2. The molecule has 0 amide bonds. The van der Waals surface area contributed by atoms with Crippen LogP contribution in [-0.4, -0.2) is 98.2 Å². The minimum absolute atomic E-state index is 0.0915. The quantitative estimate of drug-likeness (QED) is 0.264. The highest BCUT2D eigenvalue weighted by Crippen LogP contribution is 2.37. The maximum Gasteiger partial charge on any atom is 0.330 e. The smallest absolute Gasteiger partial charge is 0.330 e. The van der Waals surface area contributed by atoms with Crippen LogP contribution in [0.4, 0.5) is 0 Å². The summed E-state index contributed by atoms with van der Waals surface area (Å²) < 4.78 is 16.3. The number of methoxy groups -OCH3 is 1. The Morgan fingerprint density at radius 2 is 1.55 bits per heavy atom. The number of allylic oxidation sites excluding steroid dienone is 6. The van der Waals surface area contributed by atoms with Crippen molar-refractivity contribution in [2.75, 3.05) is 7.11 Å². The Kier molecular flexibility index (Phi) is 13.4. The van der Waals surface area contributed by atoms with Crippen molar-refractivity contribution in [1.29, 1.82) is 0 Å². The Hall–Kier alpha value is -2.64. The number of carbonyl (C=O) groups excluding carboxylic acids is 1. The fourth-order valence-corrected chi connectivity index (χ4v) is 4.65. The average molecular weight is 567 g/mol. The van der Waals surface area contributed by atoms with E-state index in [1.807, 2.05) is 13.0 Å². The second-order valence-corrected chi connectivity index (χ2v) is 10.3. The molecule has 10 atom stereocenters. The van der Waals surface area contributed by atoms with Gasteiger partial charge < -0.3 is 44.8 Å². The molecule has 2 rings (SSSR count). The Labute approximate surface area is 234 Å². The van der Waals surface area contributed by atoms with E-state index in [1.54, 1.807) is 43.4 Å². The van der Waals surface area contributed by atoms with E-state index in [0.717, 1.165) is 6.08 Å². The molecule has 2 aliphatic rings. The molecule has 2 unspecified atom stereocenters. The Bertz CT molecular complexity index is 971. The minimum Gasteiger partial charge on any atom is -0.481 e. The fourth-order valence-electron chi connectivity index (χ4n) is 4.65. The predicted octanol–water partition coefficient (Wildman–Crippen LogP) is 1.16. The predicted molar refractivity (Wildman–Crippen MR) is 145 cm³/mol. The van der Waals surface area contributed by atoms with E-state index in [2.05, 4.69) is 0 Å². The molecule has 0 aromatic carbocycles. The minimum atomic E-state index is -2.13. The highest BCUT2D eigenvalue weighted by atomic mass is 16.6. The van der Waals surface area contributed by atoms with Gasteiger partial charge in [0.05, 0.1) is 30.5 Å². The number of carbonyl (C=O) groups is 2. The van der Waals surface area contributed by atoms with Crippen LogP contribution in [0.5, 0.6) is 0 Å². The molecule has 11 heteroatoms. The number of esters is 1. The van der Waals surface area contributed by atoms with Crippen molar-refractivity contribution >= 4 is 11.9 Å². The van der Waals surface area contributed by atoms with Gasteiger partial charge in [-0.25, -0.2) is 4.79 Å². The molecule has 0 radical (unpaired) electrons. The first-order chi connectivity index (χ1) is 18.8. The third-order valence-corrected chi connectivity index (χ3v) is 6.96. The van der Waals surface area contributed by atoms with Gasteiger partial charge in [0.1, 0.15) is 18.1 Å². The fraction of sp³-hybridized carbons (Fsp3) is 0.586. The van der Waals surface area contributed by atoms with Crippen LogP contribution in [0.15, 0.2) is 60.8 Å². The molecule has 0 aromatic rings. The van der Waals surface area contributed by atoms with Crippen molar-refractivity contribution in [3.63, 3.8) is 0 Å². The lowest BCUT2D eigenvalue weighted by Crippen LogP contribution is -2.56. The van der Waals surface area contributed by atoms with Crippen molar-refractivity contribution in [3.8, 4) is 0 Å². The molecule has 2 bridgehead atoms. The van der Waals surface area contributed by atoms with Crippen molar-refractivity contribution in [2.24, 2.45) is 11.8 Å². The lowest BCUT2D eigenvalue weighted by Gasteiger charge is -2.44. The van der Waals surface area contributed by atoms with Gasteiger partial charge in [0.15, 0.2) is 5.79 Å². The van der Waals surface area contributed by atoms with Crippen LogP contribution in [-0.2, 0) is 23.8 Å². The first-order valence-corrected chi connectivity index (χ1v) is 13.3. The van der Waals surface area contributed by atoms with Crippen LogP contribution in [0.3, 0.4) is 0 Å². The molecule has 1 fully saturated rings. The van der Waals surface area contributed by atoms with Crippen LogP contribution >= 0.6 is 0 Å². The molecular formula is C29H42O11. The van der Waals surface area contributed by atoms with Crippen LogP contribution < -0.4 is 0 Å². The van der Waals surface area contributed by atoms with E-state index in [9.17, 15) is 40.2 Å². The highest BCUT2D eigenvalue weighted by Gasteiger charge is 2.50. The largest absolute Gasteiger partial charge is 0.481 e. The van der Waals surface area contributed by atoms with E-state index < -0.39 is 79.2 Å². The van der Waals surface area contributed by atoms with Gasteiger partial charge in [0.2, 0.25) is 0 Å². The van der Waals surface area contributed by atoms with Crippen LogP contribution in [0.25, 0.3) is 0 Å². The maximum atomic E-state index is 12.3. The molecule has 2 heterocycles. The zero-order valence-corrected chi connectivity index (χ0v) is 23.0. The van der Waals surface area contributed by atoms with Gasteiger partial charge in [-0.05, 0) is 13.0 Å². The summed E-state index contributed by atoms with van der Waals surface area (Å²) in [5.74, 6) is -5.62. The number of ether oxygens (including phenoxy) is 3. The van der Waals surface area contributed by atoms with E-state index in [4.69, 9.17) is 14.2 Å². The summed E-state index contributed by atoms with van der Waals surface area (Å²) in [6.45, 7) is 3.64. The lowest BCUT2D eigenvalue weighted by atomic mass is 9.83. The first-order valence-electron chi connectivity index (χ1n) is 13.3. The van der Waals surface area contributed by atoms with Crippen LogP contribution in [0, 0.1) is 11.8 Å². The number of carboxylic acid groups (broad SMARTS) is 1. The highest BCUT2D eigenvalue weighted by molar-refractivity contribution is 5.82. The Morgan fingerprint density at radius 3 is 2.17 bits per heavy atom. The van der Waals surface area contributed by atoms with Gasteiger partial charge in [0.25, 0.3) is 0 Å². The van der Waals surface area contributed by atoms with Gasteiger partial charge >= 0.3 is 11.9 Å². The zero-order chi connectivity index (χ0) is 29.9. The SMILES string of the molecule is CO[C@@H]1/C=C/C(=O)OC(C)C(C)/C=C/C=C/C=C/C=C/[C@@H](O)C[C@H]2O[C@@](O)(C[C@H](O)C[C@@H]1O)C[C@@H](O)[C@@H]2C(=O)O. The molecule has 11 nitrogen and oxygen atoms in total. The van der Waals surface area contributed by atoms with Gasteiger partial charge in [-0.2, -0.15) is 0 Å². The third kappa shape index (κ3) is 10.7. The molecule has 0 spiro atoms. The molecule has 2 aliphatic heterocycles. The number of hydrogen-bond acceptors (Lipinski definition) is 10. The van der Waals surface area contributed by atoms with E-state index in [1.165, 1.54) is 19.3 Å². The molecule has 224 valence electrons. The van der Waals surface area contributed by atoms with Gasteiger partial charge in [-0.3, -0.25) is 4.79 Å². The second kappa shape index (κ2) is 16.0. The normalized spacial score (nSPS) is 42.9. The van der Waals surface area contributed by atoms with Gasteiger partial charge in [0, 0.05) is 44.8 Å². The van der Waals surface area contributed by atoms with Crippen LogP contribution in [0.1, 0.15) is 39.5 Å². The number of carboxylic acids is 1. The number of aliphatic hydroxyl groups is 5. The first kappa shape index (κ1) is 33.6.